The van der Waals surface area contributed by atoms with Gasteiger partial charge in [0.15, 0.2) is 5.54 Å². The van der Waals surface area contributed by atoms with Crippen molar-refractivity contribution >= 4 is 39.3 Å². The van der Waals surface area contributed by atoms with Gasteiger partial charge in [-0.3, -0.25) is 4.79 Å². The Hall–Kier alpha value is -2.43. The van der Waals surface area contributed by atoms with Gasteiger partial charge in [0, 0.05) is 21.5 Å². The van der Waals surface area contributed by atoms with Crippen LogP contribution in [0.2, 0.25) is 5.02 Å². The lowest BCUT2D eigenvalue weighted by atomic mass is 9.84. The normalized spacial score (nSPS) is 18.9. The van der Waals surface area contributed by atoms with Crippen molar-refractivity contribution in [3.63, 3.8) is 0 Å². The molecule has 1 unspecified atom stereocenters. The van der Waals surface area contributed by atoms with Crippen molar-refractivity contribution in [3.05, 3.63) is 105 Å². The number of rotatable bonds is 4. The maximum Gasteiger partial charge on any atom is 0.258 e. The Morgan fingerprint density at radius 2 is 1.59 bits per heavy atom. The molecule has 0 fully saturated rings. The summed E-state index contributed by atoms with van der Waals surface area (Å²) in [4.78, 5) is 18.0. The molecule has 5 heteroatoms. The number of carbonyl (C=O) groups excluding carboxylic acids is 1. The zero-order valence-electron chi connectivity index (χ0n) is 14.3. The summed E-state index contributed by atoms with van der Waals surface area (Å²) in [6, 6.07) is 25.0. The first-order valence-electron chi connectivity index (χ1n) is 8.54. The molecule has 0 spiro atoms. The van der Waals surface area contributed by atoms with Crippen molar-refractivity contribution in [2.45, 2.75) is 12.0 Å². The van der Waals surface area contributed by atoms with E-state index in [4.69, 9.17) is 16.6 Å². The Bertz CT molecular complexity index is 1000. The van der Waals surface area contributed by atoms with E-state index in [2.05, 4.69) is 21.2 Å². The molecule has 0 bridgehead atoms. The molecule has 0 aliphatic carbocycles. The summed E-state index contributed by atoms with van der Waals surface area (Å²) >= 11 is 9.44. The van der Waals surface area contributed by atoms with Gasteiger partial charge in [0.2, 0.25) is 0 Å². The zero-order chi connectivity index (χ0) is 18.9. The van der Waals surface area contributed by atoms with Crippen molar-refractivity contribution in [2.24, 2.45) is 4.99 Å². The van der Waals surface area contributed by atoms with Gasteiger partial charge < -0.3 is 5.32 Å². The van der Waals surface area contributed by atoms with Crippen LogP contribution in [0, 0.1) is 0 Å². The van der Waals surface area contributed by atoms with E-state index < -0.39 is 5.54 Å². The molecular formula is C22H16BrClN2O. The van der Waals surface area contributed by atoms with Crippen molar-refractivity contribution in [1.82, 2.24) is 5.32 Å². The van der Waals surface area contributed by atoms with E-state index in [9.17, 15) is 4.79 Å². The molecule has 3 aromatic carbocycles. The average molecular weight is 440 g/mol. The van der Waals surface area contributed by atoms with Crippen molar-refractivity contribution < 1.29 is 4.79 Å². The summed E-state index contributed by atoms with van der Waals surface area (Å²) in [5.41, 5.74) is 1.75. The minimum Gasteiger partial charge on any atom is -0.308 e. The molecule has 27 heavy (non-hydrogen) atoms. The maximum absolute atomic E-state index is 13.2. The van der Waals surface area contributed by atoms with E-state index in [0.717, 1.165) is 21.2 Å². The molecule has 1 aliphatic rings. The largest absolute Gasteiger partial charge is 0.308 e. The number of aliphatic imine (C=N–C) groups is 1. The SMILES string of the molecule is O=C1NC(c2ccc(Cl)cc2)=NC1(Cc1ccc(Br)cc1)c1ccccc1. The topological polar surface area (TPSA) is 41.5 Å². The van der Waals surface area contributed by atoms with E-state index in [1.165, 1.54) is 0 Å². The highest BCUT2D eigenvalue weighted by atomic mass is 79.9. The fourth-order valence-electron chi connectivity index (χ4n) is 3.25. The minimum atomic E-state index is -0.996. The smallest absolute Gasteiger partial charge is 0.258 e. The third kappa shape index (κ3) is 3.55. The standard InChI is InChI=1S/C22H16BrClN2O/c23-18-10-6-15(7-11-18)14-22(17-4-2-1-3-5-17)21(27)25-20(26-22)16-8-12-19(24)13-9-16/h1-13H,14H2,(H,25,26,27). The molecule has 0 saturated carbocycles. The molecular weight excluding hydrogens is 424 g/mol. The van der Waals surface area contributed by atoms with Gasteiger partial charge in [-0.2, -0.15) is 0 Å². The van der Waals surface area contributed by atoms with Crippen LogP contribution < -0.4 is 5.32 Å². The third-order valence-electron chi connectivity index (χ3n) is 4.65. The molecule has 0 aromatic heterocycles. The molecule has 1 heterocycles. The molecule has 1 atom stereocenters. The number of halogens is 2. The minimum absolute atomic E-state index is 0.124. The van der Waals surface area contributed by atoms with Crippen LogP contribution in [0.15, 0.2) is 88.3 Å². The van der Waals surface area contributed by atoms with Crippen molar-refractivity contribution in [3.8, 4) is 0 Å². The summed E-state index contributed by atoms with van der Waals surface area (Å²) < 4.78 is 1.00. The summed E-state index contributed by atoms with van der Waals surface area (Å²) in [5, 5.41) is 3.62. The molecule has 1 amide bonds. The number of hydrogen-bond donors (Lipinski definition) is 1. The molecule has 0 saturated heterocycles. The first kappa shape index (κ1) is 18.0. The van der Waals surface area contributed by atoms with E-state index >= 15 is 0 Å². The first-order chi connectivity index (χ1) is 13.1. The summed E-state index contributed by atoms with van der Waals surface area (Å²) in [6.07, 6.45) is 0.479. The van der Waals surface area contributed by atoms with Crippen LogP contribution in [0.4, 0.5) is 0 Å². The number of nitrogens with zero attached hydrogens (tertiary/aromatic N) is 1. The van der Waals surface area contributed by atoms with Gasteiger partial charge in [0.25, 0.3) is 5.91 Å². The Kier molecular flexibility index (Phi) is 4.85. The second kappa shape index (κ2) is 7.29. The second-order valence-electron chi connectivity index (χ2n) is 6.45. The lowest BCUT2D eigenvalue weighted by Crippen LogP contribution is -2.39. The van der Waals surface area contributed by atoms with Crippen LogP contribution >= 0.6 is 27.5 Å². The van der Waals surface area contributed by atoms with Crippen molar-refractivity contribution in [1.29, 1.82) is 0 Å². The lowest BCUT2D eigenvalue weighted by molar-refractivity contribution is -0.124. The molecule has 3 nitrogen and oxygen atoms in total. The van der Waals surface area contributed by atoms with Gasteiger partial charge in [-0.1, -0.05) is 70.0 Å². The number of hydrogen-bond acceptors (Lipinski definition) is 2. The summed E-state index contributed by atoms with van der Waals surface area (Å²) in [5.74, 6) is 0.444. The van der Waals surface area contributed by atoms with Gasteiger partial charge in [-0.25, -0.2) is 4.99 Å². The van der Waals surface area contributed by atoms with Gasteiger partial charge in [-0.15, -0.1) is 0 Å². The predicted molar refractivity (Wildman–Crippen MR) is 112 cm³/mol. The van der Waals surface area contributed by atoms with Gasteiger partial charge in [0.05, 0.1) is 0 Å². The zero-order valence-corrected chi connectivity index (χ0v) is 16.7. The fourth-order valence-corrected chi connectivity index (χ4v) is 3.64. The molecule has 4 rings (SSSR count). The number of benzene rings is 3. The van der Waals surface area contributed by atoms with Crippen LogP contribution in [0.25, 0.3) is 0 Å². The Morgan fingerprint density at radius 3 is 2.26 bits per heavy atom. The molecule has 134 valence electrons. The fraction of sp³-hybridized carbons (Fsp3) is 0.0909. The van der Waals surface area contributed by atoms with Crippen LogP contribution in [0.1, 0.15) is 16.7 Å². The van der Waals surface area contributed by atoms with Gasteiger partial charge in [0.1, 0.15) is 5.84 Å². The lowest BCUT2D eigenvalue weighted by Gasteiger charge is -2.24. The van der Waals surface area contributed by atoms with E-state index in [-0.39, 0.29) is 5.91 Å². The highest BCUT2D eigenvalue weighted by Crippen LogP contribution is 2.35. The Morgan fingerprint density at radius 1 is 0.926 bits per heavy atom. The highest BCUT2D eigenvalue weighted by molar-refractivity contribution is 9.10. The number of carbonyl (C=O) groups is 1. The van der Waals surface area contributed by atoms with Crippen LogP contribution in [-0.2, 0) is 16.8 Å². The number of amidine groups is 1. The van der Waals surface area contributed by atoms with E-state index in [1.54, 1.807) is 12.1 Å². The quantitative estimate of drug-likeness (QED) is 0.602. The first-order valence-corrected chi connectivity index (χ1v) is 9.71. The molecule has 0 radical (unpaired) electrons. The number of amides is 1. The monoisotopic (exact) mass is 438 g/mol. The second-order valence-corrected chi connectivity index (χ2v) is 7.80. The van der Waals surface area contributed by atoms with Gasteiger partial charge in [-0.05, 0) is 47.5 Å². The average Bonchev–Trinajstić information content (AvgIpc) is 3.02. The predicted octanol–water partition coefficient (Wildman–Crippen LogP) is 5.12. The van der Waals surface area contributed by atoms with Crippen molar-refractivity contribution in [2.75, 3.05) is 0 Å². The molecule has 1 N–H and O–H groups in total. The van der Waals surface area contributed by atoms with E-state index in [0.29, 0.717) is 17.3 Å². The highest BCUT2D eigenvalue weighted by Gasteiger charge is 2.45. The van der Waals surface area contributed by atoms with Crippen LogP contribution in [0.3, 0.4) is 0 Å². The Balaban J connectivity index is 1.81. The number of nitrogens with one attached hydrogen (secondary N) is 1. The van der Waals surface area contributed by atoms with Gasteiger partial charge >= 0.3 is 0 Å². The Labute approximate surface area is 171 Å². The molecule has 1 aliphatic heterocycles. The summed E-state index contributed by atoms with van der Waals surface area (Å²) in [6.45, 7) is 0. The maximum atomic E-state index is 13.2. The summed E-state index contributed by atoms with van der Waals surface area (Å²) in [7, 11) is 0. The third-order valence-corrected chi connectivity index (χ3v) is 5.43. The molecule has 3 aromatic rings. The van der Waals surface area contributed by atoms with E-state index in [1.807, 2.05) is 66.7 Å². The van der Waals surface area contributed by atoms with Crippen LogP contribution in [0.5, 0.6) is 0 Å². The van der Waals surface area contributed by atoms with Crippen LogP contribution in [-0.4, -0.2) is 11.7 Å².